The lowest BCUT2D eigenvalue weighted by Crippen LogP contribution is -2.55. The Balaban J connectivity index is 1.62. The number of rotatable bonds is 8. The number of nitrogens with one attached hydrogen (secondary N) is 1. The van der Waals surface area contributed by atoms with Crippen LogP contribution in [0.1, 0.15) is 132 Å². The molecule has 4 aliphatic rings. The Morgan fingerprint density at radius 1 is 0.901 bits per heavy atom. The summed E-state index contributed by atoms with van der Waals surface area (Å²) in [6, 6.07) is -0.707. The Hall–Kier alpha value is -3.61. The summed E-state index contributed by atoms with van der Waals surface area (Å²) >= 11 is 0. The molecule has 4 rings (SSSR count). The van der Waals surface area contributed by atoms with Crippen molar-refractivity contribution in [1.29, 1.82) is 0 Å². The number of allylic oxidation sites excluding steroid dienone is 6. The summed E-state index contributed by atoms with van der Waals surface area (Å²) in [5.41, 5.74) is 1.35. The van der Waals surface area contributed by atoms with Gasteiger partial charge in [-0.1, -0.05) is 77.5 Å². The summed E-state index contributed by atoms with van der Waals surface area (Å²) in [4.78, 5) is 70.3. The molecule has 402 valence electrons. The molecule has 71 heavy (non-hydrogen) atoms. The van der Waals surface area contributed by atoms with Crippen molar-refractivity contribution in [2.24, 2.45) is 35.5 Å². The first-order valence-electron chi connectivity index (χ1n) is 26.2. The van der Waals surface area contributed by atoms with Gasteiger partial charge < -0.3 is 48.7 Å². The van der Waals surface area contributed by atoms with Crippen LogP contribution in [0.4, 0.5) is 4.79 Å². The van der Waals surface area contributed by atoms with Gasteiger partial charge in [-0.15, -0.1) is 0 Å². The second-order valence-corrected chi connectivity index (χ2v) is 20.9. The van der Waals surface area contributed by atoms with E-state index in [1.165, 1.54) is 7.11 Å². The fourth-order valence-corrected chi connectivity index (χ4v) is 10.7. The van der Waals surface area contributed by atoms with Gasteiger partial charge >= 0.3 is 12.1 Å². The summed E-state index contributed by atoms with van der Waals surface area (Å²) in [6.45, 7) is 15.2. The third-order valence-corrected chi connectivity index (χ3v) is 15.3. The lowest BCUT2D eigenvalue weighted by atomic mass is 9.78. The average Bonchev–Trinajstić information content (AvgIpc) is 3.34. The predicted octanol–water partition coefficient (Wildman–Crippen LogP) is 7.38. The minimum atomic E-state index is -2.06. The number of ketones is 3. The maximum atomic E-state index is 14.4. The zero-order valence-corrected chi connectivity index (χ0v) is 44.6. The number of esters is 1. The van der Waals surface area contributed by atoms with Gasteiger partial charge in [0.1, 0.15) is 49.6 Å². The molecule has 1 aliphatic carbocycles. The number of methoxy groups -OCH3 is 3. The smallest absolute Gasteiger partial charge is 0.407 e. The number of hydrogen-bond donors (Lipinski definition) is 3. The van der Waals surface area contributed by atoms with Crippen molar-refractivity contribution in [2.75, 3.05) is 47.8 Å². The quantitative estimate of drug-likeness (QED) is 0.160. The molecular formula is C55H88N2O14. The van der Waals surface area contributed by atoms with Gasteiger partial charge in [-0.2, -0.15) is 0 Å². The van der Waals surface area contributed by atoms with Gasteiger partial charge in [0.15, 0.2) is 5.78 Å². The van der Waals surface area contributed by atoms with Gasteiger partial charge in [0.2, 0.25) is 11.6 Å². The van der Waals surface area contributed by atoms with E-state index in [9.17, 15) is 34.2 Å². The maximum Gasteiger partial charge on any atom is 0.407 e. The van der Waals surface area contributed by atoms with Gasteiger partial charge in [0.05, 0.1) is 18.3 Å². The Labute approximate surface area is 423 Å². The van der Waals surface area contributed by atoms with Crippen LogP contribution in [0.2, 0.25) is 0 Å². The zero-order valence-electron chi connectivity index (χ0n) is 44.6. The highest BCUT2D eigenvalue weighted by Crippen LogP contribution is 2.37. The largest absolute Gasteiger partial charge is 0.460 e. The maximum absolute atomic E-state index is 14.4. The van der Waals surface area contributed by atoms with Crippen molar-refractivity contribution >= 4 is 29.4 Å². The van der Waals surface area contributed by atoms with Crippen molar-refractivity contribution in [2.45, 2.75) is 187 Å². The molecular weight excluding hydrogens is 913 g/mol. The topological polar surface area (TPSA) is 206 Å². The molecule has 3 aliphatic heterocycles. The van der Waals surface area contributed by atoms with Gasteiger partial charge in [0, 0.05) is 65.0 Å². The van der Waals surface area contributed by atoms with E-state index < -0.39 is 84.6 Å². The number of carbonyl (C=O) groups excluding carboxylic acids is 5. The summed E-state index contributed by atoms with van der Waals surface area (Å²) in [5, 5.41) is 26.0. The van der Waals surface area contributed by atoms with Crippen LogP contribution in [0.3, 0.4) is 0 Å². The molecule has 0 aromatic rings. The second kappa shape index (κ2) is 29.3. The third kappa shape index (κ3) is 17.5. The molecule has 0 aromatic heterocycles. The van der Waals surface area contributed by atoms with Crippen LogP contribution >= 0.6 is 0 Å². The molecule has 2 bridgehead atoms. The highest BCUT2D eigenvalue weighted by Gasteiger charge is 2.48. The lowest BCUT2D eigenvalue weighted by Gasteiger charge is -2.41. The number of cyclic esters (lactones) is 1. The predicted molar refractivity (Wildman–Crippen MR) is 269 cm³/mol. The Bertz CT molecular complexity index is 1870. The molecule has 2 saturated heterocycles. The number of fused-ring (bicyclic) bond motifs is 3. The number of amides is 1. The molecule has 1 amide bonds. The van der Waals surface area contributed by atoms with Crippen LogP contribution < -0.4 is 5.32 Å². The first kappa shape index (κ1) is 59.9. The van der Waals surface area contributed by atoms with Gasteiger partial charge in [-0.3, -0.25) is 24.1 Å². The summed E-state index contributed by atoms with van der Waals surface area (Å²) in [6.07, 6.45) is 12.7. The van der Waals surface area contributed by atoms with Crippen molar-refractivity contribution in [3.05, 3.63) is 47.6 Å². The van der Waals surface area contributed by atoms with E-state index in [0.717, 1.165) is 24.8 Å². The van der Waals surface area contributed by atoms with Crippen LogP contribution in [0.25, 0.3) is 0 Å². The van der Waals surface area contributed by atoms with Crippen molar-refractivity contribution in [3.63, 3.8) is 0 Å². The standard InChI is InChI=1S/C55H88N2O14/c1-12-56-54(63)70-45-24-22-41(29-48(45)66-10)28-37(5)47-31-44(58)36(4)27-39(7)51(61)52(67-11)50(60)38(6)26-34(2)18-14-13-15-19-35(3)46(65-9)30-42-23-21-40(8)55(64,71-42)49(59)32-68-33-57-25-17-16-20-43(57)53(62)69-47/h13-15,18-19,27,34,36-38,40-43,45-48,51-52,61,64H,12,16-17,20-26,28-33H2,1-11H3,(H,56,63)/b15-13+,18-14+,35-19+,39-27+/t34-,36-,37-,38?,40-,41+,42+,43+,45-,46+,47+,48-,51-,52+,55-/m1/s1. The van der Waals surface area contributed by atoms with E-state index in [1.807, 2.05) is 69.9 Å². The number of ether oxygens (including phenoxy) is 7. The van der Waals surface area contributed by atoms with Crippen molar-refractivity contribution in [1.82, 2.24) is 10.2 Å². The monoisotopic (exact) mass is 1000 g/mol. The molecule has 0 radical (unpaired) electrons. The SMILES string of the molecule is CCNC(=O)O[C@@H]1CC[C@@H](C[C@@H](C)[C@@H]2CC(=O)[C@H](C)/C=C(\C)[C@@H](O)[C@@H](OC)C(=O)C(C)C[C@H](C)/C=C/C=C/C=C(\C)[C@@H](OC)C[C@@H]3CC[C@@H](C)[C@@](O)(O3)C(=O)COCN3CCCC[C@H]3C(=O)O2)C[C@H]1OC. The number of hydrogen-bond acceptors (Lipinski definition) is 15. The Morgan fingerprint density at radius 2 is 1.65 bits per heavy atom. The van der Waals surface area contributed by atoms with E-state index in [0.29, 0.717) is 70.0 Å². The van der Waals surface area contributed by atoms with Crippen molar-refractivity contribution < 1.29 is 67.3 Å². The highest BCUT2D eigenvalue weighted by atomic mass is 16.6. The van der Waals surface area contributed by atoms with Crippen LogP contribution in [0, 0.1) is 35.5 Å². The normalized spacial score (nSPS) is 38.4. The summed E-state index contributed by atoms with van der Waals surface area (Å²) < 4.78 is 41.5. The minimum absolute atomic E-state index is 0.0246. The Morgan fingerprint density at radius 3 is 2.34 bits per heavy atom. The fraction of sp³-hybridized carbons (Fsp3) is 0.764. The number of carbonyl (C=O) groups is 5. The first-order chi connectivity index (χ1) is 33.8. The van der Waals surface area contributed by atoms with Crippen LogP contribution in [-0.2, 0) is 52.3 Å². The van der Waals surface area contributed by atoms with E-state index in [1.54, 1.807) is 41.1 Å². The van der Waals surface area contributed by atoms with Gasteiger partial charge in [0.25, 0.3) is 0 Å². The molecule has 16 nitrogen and oxygen atoms in total. The fourth-order valence-electron chi connectivity index (χ4n) is 10.7. The number of aliphatic hydroxyl groups excluding tert-OH is 1. The van der Waals surface area contributed by atoms with Crippen LogP contribution in [0.5, 0.6) is 0 Å². The molecule has 16 heteroatoms. The van der Waals surface area contributed by atoms with Crippen LogP contribution in [0.15, 0.2) is 47.6 Å². The second-order valence-electron chi connectivity index (χ2n) is 20.9. The van der Waals surface area contributed by atoms with Gasteiger partial charge in [-0.25, -0.2) is 4.79 Å². The number of aliphatic hydroxyl groups is 2. The summed E-state index contributed by atoms with van der Waals surface area (Å²) in [7, 11) is 4.61. The van der Waals surface area contributed by atoms with E-state index >= 15 is 0 Å². The van der Waals surface area contributed by atoms with Crippen LogP contribution in [-0.4, -0.2) is 147 Å². The third-order valence-electron chi connectivity index (χ3n) is 15.3. The molecule has 15 atom stereocenters. The number of piperidine rings is 1. The van der Waals surface area contributed by atoms with Crippen molar-refractivity contribution in [3.8, 4) is 0 Å². The number of nitrogens with zero attached hydrogens (tertiary/aromatic N) is 1. The number of Topliss-reactive ketones (excluding diaryl/α,β-unsaturated/α-hetero) is 3. The van der Waals surface area contributed by atoms with E-state index in [2.05, 4.69) is 5.32 Å². The lowest BCUT2D eigenvalue weighted by molar-refractivity contribution is -0.268. The minimum Gasteiger partial charge on any atom is -0.460 e. The molecule has 0 spiro atoms. The Kier molecular flexibility index (Phi) is 24.8. The molecule has 0 aromatic carbocycles. The first-order valence-corrected chi connectivity index (χ1v) is 26.2. The molecule has 3 N–H and O–H groups in total. The van der Waals surface area contributed by atoms with Gasteiger partial charge in [-0.05, 0) is 107 Å². The summed E-state index contributed by atoms with van der Waals surface area (Å²) in [5.74, 6) is -5.36. The number of alkyl carbamates (subject to hydrolysis) is 1. The highest BCUT2D eigenvalue weighted by molar-refractivity contribution is 5.87. The molecule has 1 saturated carbocycles. The van der Waals surface area contributed by atoms with E-state index in [4.69, 9.17) is 33.2 Å². The van der Waals surface area contributed by atoms with E-state index in [-0.39, 0.29) is 54.7 Å². The molecule has 3 fully saturated rings. The average molecular weight is 1000 g/mol. The zero-order chi connectivity index (χ0) is 52.4. The molecule has 3 heterocycles. The molecule has 1 unspecified atom stereocenters.